The summed E-state index contributed by atoms with van der Waals surface area (Å²) in [6.45, 7) is 0. The Morgan fingerprint density at radius 3 is 2.74 bits per heavy atom. The summed E-state index contributed by atoms with van der Waals surface area (Å²) in [5.41, 5.74) is 2.83. The number of nitriles is 1. The van der Waals surface area contributed by atoms with Crippen molar-refractivity contribution in [1.29, 1.82) is 5.26 Å². The zero-order chi connectivity index (χ0) is 21.6. The molecular weight excluding hydrogens is 512 g/mol. The Hall–Kier alpha value is -2.37. The summed E-state index contributed by atoms with van der Waals surface area (Å²) in [6.07, 6.45) is 3.59. The van der Waals surface area contributed by atoms with Crippen molar-refractivity contribution in [3.05, 3.63) is 92.5 Å². The SMILES string of the molecule is N#Cc1c(Cl)cccc1Sc1cc(Nc2nc(CCc3ccccc3)cs2)ncc1Br. The van der Waals surface area contributed by atoms with Crippen LogP contribution >= 0.6 is 50.6 Å². The summed E-state index contributed by atoms with van der Waals surface area (Å²) < 4.78 is 0.842. The minimum absolute atomic E-state index is 0.446. The number of benzene rings is 2. The van der Waals surface area contributed by atoms with Gasteiger partial charge in [0, 0.05) is 25.8 Å². The Kier molecular flexibility index (Phi) is 7.25. The van der Waals surface area contributed by atoms with Crippen LogP contribution in [0.15, 0.2) is 80.4 Å². The van der Waals surface area contributed by atoms with Crippen LogP contribution in [-0.4, -0.2) is 9.97 Å². The molecule has 0 aliphatic heterocycles. The molecule has 2 aromatic heterocycles. The van der Waals surface area contributed by atoms with Gasteiger partial charge in [-0.25, -0.2) is 9.97 Å². The van der Waals surface area contributed by atoms with Crippen molar-refractivity contribution in [3.63, 3.8) is 0 Å². The number of hydrogen-bond acceptors (Lipinski definition) is 6. The van der Waals surface area contributed by atoms with Crippen molar-refractivity contribution >= 4 is 61.6 Å². The first-order valence-electron chi connectivity index (χ1n) is 9.40. The molecule has 8 heteroatoms. The van der Waals surface area contributed by atoms with Crippen molar-refractivity contribution in [2.24, 2.45) is 0 Å². The largest absolute Gasteiger partial charge is 0.316 e. The van der Waals surface area contributed by atoms with Gasteiger partial charge in [0.15, 0.2) is 5.13 Å². The van der Waals surface area contributed by atoms with Gasteiger partial charge >= 0.3 is 0 Å². The highest BCUT2D eigenvalue weighted by Gasteiger charge is 2.12. The molecule has 0 saturated carbocycles. The van der Waals surface area contributed by atoms with Gasteiger partial charge < -0.3 is 5.32 Å². The fourth-order valence-corrected chi connectivity index (χ4v) is 5.34. The lowest BCUT2D eigenvalue weighted by Gasteiger charge is -2.09. The van der Waals surface area contributed by atoms with Crippen LogP contribution in [0.25, 0.3) is 0 Å². The molecule has 0 aliphatic carbocycles. The highest BCUT2D eigenvalue weighted by molar-refractivity contribution is 9.10. The minimum Gasteiger partial charge on any atom is -0.316 e. The van der Waals surface area contributed by atoms with Crippen LogP contribution in [0, 0.1) is 11.3 Å². The number of nitrogens with one attached hydrogen (secondary N) is 1. The molecule has 0 aliphatic rings. The molecule has 2 aromatic carbocycles. The van der Waals surface area contributed by atoms with Crippen molar-refractivity contribution in [1.82, 2.24) is 9.97 Å². The monoisotopic (exact) mass is 526 g/mol. The van der Waals surface area contributed by atoms with E-state index in [0.29, 0.717) is 16.4 Å². The van der Waals surface area contributed by atoms with Gasteiger partial charge in [-0.05, 0) is 52.5 Å². The molecule has 4 rings (SSSR count). The number of pyridine rings is 1. The second-order valence-corrected chi connectivity index (χ2v) is 9.78. The lowest BCUT2D eigenvalue weighted by molar-refractivity contribution is 0.927. The van der Waals surface area contributed by atoms with Gasteiger partial charge in [-0.15, -0.1) is 11.3 Å². The molecule has 4 aromatic rings. The Labute approximate surface area is 202 Å². The van der Waals surface area contributed by atoms with E-state index in [4.69, 9.17) is 11.6 Å². The van der Waals surface area contributed by atoms with Crippen LogP contribution in [0.2, 0.25) is 5.02 Å². The molecule has 0 fully saturated rings. The van der Waals surface area contributed by atoms with E-state index in [2.05, 4.69) is 66.9 Å². The summed E-state index contributed by atoms with van der Waals surface area (Å²) in [5, 5.41) is 16.0. The fourth-order valence-electron chi connectivity index (χ4n) is 2.89. The van der Waals surface area contributed by atoms with Crippen molar-refractivity contribution < 1.29 is 0 Å². The van der Waals surface area contributed by atoms with Gasteiger partial charge in [0.1, 0.15) is 11.9 Å². The van der Waals surface area contributed by atoms with E-state index in [-0.39, 0.29) is 0 Å². The lowest BCUT2D eigenvalue weighted by atomic mass is 10.1. The number of hydrogen-bond donors (Lipinski definition) is 1. The quantitative estimate of drug-likeness (QED) is 0.269. The van der Waals surface area contributed by atoms with Crippen LogP contribution in [0.5, 0.6) is 0 Å². The number of nitrogens with zero attached hydrogens (tertiary/aromatic N) is 3. The lowest BCUT2D eigenvalue weighted by Crippen LogP contribution is -1.95. The van der Waals surface area contributed by atoms with Gasteiger partial charge in [0.25, 0.3) is 0 Å². The number of anilines is 2. The molecule has 0 amide bonds. The molecule has 31 heavy (non-hydrogen) atoms. The summed E-state index contributed by atoms with van der Waals surface area (Å²) in [4.78, 5) is 10.9. The third kappa shape index (κ3) is 5.66. The maximum atomic E-state index is 9.42. The topological polar surface area (TPSA) is 61.6 Å². The molecule has 0 atom stereocenters. The predicted octanol–water partition coefficient (Wildman–Crippen LogP) is 7.51. The molecule has 0 spiro atoms. The van der Waals surface area contributed by atoms with Crippen molar-refractivity contribution in [2.45, 2.75) is 22.6 Å². The first-order chi connectivity index (χ1) is 15.1. The standard InChI is InChI=1S/C23H16BrClN4S2/c24-18-13-27-22(11-21(18)31-20-8-4-7-19(25)17(20)12-26)29-23-28-16(14-30-23)10-9-15-5-2-1-3-6-15/h1-8,11,13-14H,9-10H2,(H,27,28,29). The summed E-state index contributed by atoms with van der Waals surface area (Å²) >= 11 is 12.7. The Balaban J connectivity index is 1.46. The molecule has 4 nitrogen and oxygen atoms in total. The predicted molar refractivity (Wildman–Crippen MR) is 131 cm³/mol. The zero-order valence-corrected chi connectivity index (χ0v) is 20.2. The molecule has 0 radical (unpaired) electrons. The summed E-state index contributed by atoms with van der Waals surface area (Å²) in [5.74, 6) is 0.690. The van der Waals surface area contributed by atoms with E-state index < -0.39 is 0 Å². The Morgan fingerprint density at radius 2 is 1.94 bits per heavy atom. The van der Waals surface area contributed by atoms with E-state index in [1.165, 1.54) is 17.3 Å². The van der Waals surface area contributed by atoms with Crippen LogP contribution < -0.4 is 5.32 Å². The number of thiazole rings is 1. The van der Waals surface area contributed by atoms with Gasteiger partial charge in [-0.3, -0.25) is 0 Å². The van der Waals surface area contributed by atoms with E-state index in [1.54, 1.807) is 23.6 Å². The highest BCUT2D eigenvalue weighted by atomic mass is 79.9. The number of rotatable bonds is 7. The van der Waals surface area contributed by atoms with Gasteiger partial charge in [-0.2, -0.15) is 5.26 Å². The van der Waals surface area contributed by atoms with E-state index in [0.717, 1.165) is 37.9 Å². The molecule has 0 saturated heterocycles. The fraction of sp³-hybridized carbons (Fsp3) is 0.0870. The first-order valence-corrected chi connectivity index (χ1v) is 12.3. The average molecular weight is 528 g/mol. The normalized spacial score (nSPS) is 10.6. The third-order valence-corrected chi connectivity index (χ3v) is 7.56. The van der Waals surface area contributed by atoms with Gasteiger partial charge in [-0.1, -0.05) is 59.8 Å². The molecule has 1 N–H and O–H groups in total. The summed E-state index contributed by atoms with van der Waals surface area (Å²) in [7, 11) is 0. The Morgan fingerprint density at radius 1 is 1.10 bits per heavy atom. The van der Waals surface area contributed by atoms with E-state index in [9.17, 15) is 5.26 Å². The average Bonchev–Trinajstić information content (AvgIpc) is 3.23. The van der Waals surface area contributed by atoms with Gasteiger partial charge in [0.05, 0.1) is 16.3 Å². The second kappa shape index (κ2) is 10.3. The minimum atomic E-state index is 0.446. The van der Waals surface area contributed by atoms with Crippen molar-refractivity contribution in [3.8, 4) is 6.07 Å². The van der Waals surface area contributed by atoms with E-state index >= 15 is 0 Å². The third-order valence-electron chi connectivity index (χ3n) is 4.43. The molecule has 0 unspecified atom stereocenters. The maximum absolute atomic E-state index is 9.42. The second-order valence-electron chi connectivity index (χ2n) is 6.58. The summed E-state index contributed by atoms with van der Waals surface area (Å²) in [6, 6.07) is 20.0. The number of halogens is 2. The zero-order valence-electron chi connectivity index (χ0n) is 16.2. The molecule has 154 valence electrons. The van der Waals surface area contributed by atoms with Crippen LogP contribution in [0.4, 0.5) is 10.9 Å². The molecule has 0 bridgehead atoms. The van der Waals surface area contributed by atoms with Crippen LogP contribution in [-0.2, 0) is 12.8 Å². The van der Waals surface area contributed by atoms with Crippen LogP contribution in [0.1, 0.15) is 16.8 Å². The Bertz CT molecular complexity index is 1240. The maximum Gasteiger partial charge on any atom is 0.188 e. The molecular formula is C23H16BrClN4S2. The number of aromatic nitrogens is 2. The number of aryl methyl sites for hydroxylation is 2. The van der Waals surface area contributed by atoms with Gasteiger partial charge in [0.2, 0.25) is 0 Å². The van der Waals surface area contributed by atoms with Crippen LogP contribution in [0.3, 0.4) is 0 Å². The van der Waals surface area contributed by atoms with E-state index in [1.807, 2.05) is 24.3 Å². The highest BCUT2D eigenvalue weighted by Crippen LogP contribution is 2.38. The molecule has 2 heterocycles. The first kappa shape index (κ1) is 21.8. The van der Waals surface area contributed by atoms with Crippen molar-refractivity contribution in [2.75, 3.05) is 5.32 Å². The smallest absolute Gasteiger partial charge is 0.188 e.